The van der Waals surface area contributed by atoms with E-state index < -0.39 is 6.10 Å². The molecule has 1 saturated heterocycles. The number of anilines is 1. The molecule has 1 aliphatic rings. The highest BCUT2D eigenvalue weighted by molar-refractivity contribution is 7.18. The number of pyridine rings is 1. The second-order valence-corrected chi connectivity index (χ2v) is 6.20. The molecular formula is C15H18N4O3S. The van der Waals surface area contributed by atoms with E-state index in [-0.39, 0.29) is 12.0 Å². The zero-order chi connectivity index (χ0) is 16.1. The average molecular weight is 334 g/mol. The van der Waals surface area contributed by atoms with E-state index >= 15 is 0 Å². The normalized spacial score (nSPS) is 18.7. The molecule has 2 aromatic heterocycles. The first-order valence-corrected chi connectivity index (χ1v) is 8.33. The molecule has 2 aromatic rings. The Morgan fingerprint density at radius 3 is 3.17 bits per heavy atom. The summed E-state index contributed by atoms with van der Waals surface area (Å²) in [5.74, 6) is -0.244. The highest BCUT2D eigenvalue weighted by Crippen LogP contribution is 2.24. The molecule has 1 amide bonds. The number of carbonyl (C=O) groups is 1. The lowest BCUT2D eigenvalue weighted by molar-refractivity contribution is -0.128. The summed E-state index contributed by atoms with van der Waals surface area (Å²) in [6.07, 6.45) is 3.26. The van der Waals surface area contributed by atoms with E-state index in [2.05, 4.69) is 20.5 Å². The summed E-state index contributed by atoms with van der Waals surface area (Å²) in [5, 5.41) is 11.8. The number of carbonyl (C=O) groups excluding carboxylic acids is 1. The number of nitrogens with one attached hydrogen (secondary N) is 1. The van der Waals surface area contributed by atoms with Crippen LogP contribution in [0.4, 0.5) is 5.13 Å². The number of ether oxygens (including phenoxy) is 2. The molecule has 2 unspecified atom stereocenters. The quantitative estimate of drug-likeness (QED) is 0.871. The van der Waals surface area contributed by atoms with Crippen molar-refractivity contribution in [2.45, 2.75) is 32.0 Å². The van der Waals surface area contributed by atoms with E-state index in [4.69, 9.17) is 9.47 Å². The number of hydrogen-bond acceptors (Lipinski definition) is 7. The lowest BCUT2D eigenvalue weighted by atomic mass is 10.2. The fourth-order valence-electron chi connectivity index (χ4n) is 2.18. The maximum absolute atomic E-state index is 12.1. The number of amides is 1. The van der Waals surface area contributed by atoms with Gasteiger partial charge in [-0.15, -0.1) is 10.2 Å². The van der Waals surface area contributed by atoms with Crippen LogP contribution in [-0.4, -0.2) is 46.5 Å². The van der Waals surface area contributed by atoms with Crippen molar-refractivity contribution in [3.05, 3.63) is 24.4 Å². The van der Waals surface area contributed by atoms with E-state index in [1.54, 1.807) is 13.1 Å². The summed E-state index contributed by atoms with van der Waals surface area (Å²) < 4.78 is 11.0. The first kappa shape index (κ1) is 16.0. The van der Waals surface area contributed by atoms with E-state index in [0.29, 0.717) is 16.7 Å². The van der Waals surface area contributed by atoms with E-state index in [1.165, 1.54) is 11.3 Å². The monoisotopic (exact) mass is 334 g/mol. The van der Waals surface area contributed by atoms with Crippen LogP contribution in [0.3, 0.4) is 0 Å². The van der Waals surface area contributed by atoms with Crippen LogP contribution in [-0.2, 0) is 14.3 Å². The standard InChI is InChI=1S/C15H18N4O3S/c1-10(22-9-11-5-4-8-21-11)13(20)17-15-19-18-14(23-15)12-6-2-3-7-16-12/h2-3,6-7,10-11H,4-5,8-9H2,1H3,(H,17,19,20). The summed E-state index contributed by atoms with van der Waals surface area (Å²) >= 11 is 1.28. The first-order valence-electron chi connectivity index (χ1n) is 7.51. The summed E-state index contributed by atoms with van der Waals surface area (Å²) in [5.41, 5.74) is 0.730. The van der Waals surface area contributed by atoms with Crippen LogP contribution >= 0.6 is 11.3 Å². The van der Waals surface area contributed by atoms with Gasteiger partial charge in [-0.2, -0.15) is 0 Å². The minimum absolute atomic E-state index is 0.0996. The molecule has 0 aromatic carbocycles. The third-order valence-corrected chi connectivity index (χ3v) is 4.33. The molecule has 3 heterocycles. The molecule has 0 spiro atoms. The fourth-order valence-corrected chi connectivity index (χ4v) is 2.90. The second-order valence-electron chi connectivity index (χ2n) is 5.23. The van der Waals surface area contributed by atoms with Crippen molar-refractivity contribution in [1.82, 2.24) is 15.2 Å². The molecule has 0 aliphatic carbocycles. The second kappa shape index (κ2) is 7.58. The fraction of sp³-hybridized carbons (Fsp3) is 0.467. The Morgan fingerprint density at radius 1 is 1.52 bits per heavy atom. The Labute approximate surface area is 138 Å². The summed E-state index contributed by atoms with van der Waals surface area (Å²) in [6.45, 7) is 2.92. The minimum Gasteiger partial charge on any atom is -0.376 e. The SMILES string of the molecule is CC(OCC1CCCO1)C(=O)Nc1nnc(-c2ccccn2)s1. The average Bonchev–Trinajstić information content (AvgIpc) is 3.25. The van der Waals surface area contributed by atoms with Gasteiger partial charge in [0.2, 0.25) is 5.13 Å². The van der Waals surface area contributed by atoms with Crippen molar-refractivity contribution in [3.63, 3.8) is 0 Å². The highest BCUT2D eigenvalue weighted by atomic mass is 32.1. The third kappa shape index (κ3) is 4.31. The molecule has 23 heavy (non-hydrogen) atoms. The molecule has 2 atom stereocenters. The number of rotatable bonds is 6. The topological polar surface area (TPSA) is 86.2 Å². The largest absolute Gasteiger partial charge is 0.376 e. The van der Waals surface area contributed by atoms with Crippen molar-refractivity contribution < 1.29 is 14.3 Å². The number of hydrogen-bond donors (Lipinski definition) is 1. The van der Waals surface area contributed by atoms with Gasteiger partial charge in [0.25, 0.3) is 5.91 Å². The Balaban J connectivity index is 1.52. The third-order valence-electron chi connectivity index (χ3n) is 3.46. The van der Waals surface area contributed by atoms with Gasteiger partial charge in [0.15, 0.2) is 5.01 Å². The van der Waals surface area contributed by atoms with Gasteiger partial charge in [-0.25, -0.2) is 0 Å². The summed E-state index contributed by atoms with van der Waals surface area (Å²) in [6, 6.07) is 5.56. The van der Waals surface area contributed by atoms with Crippen LogP contribution in [0.5, 0.6) is 0 Å². The number of nitrogens with zero attached hydrogens (tertiary/aromatic N) is 3. The lowest BCUT2D eigenvalue weighted by Gasteiger charge is -2.15. The smallest absolute Gasteiger partial charge is 0.255 e. The Kier molecular flexibility index (Phi) is 5.27. The predicted molar refractivity (Wildman–Crippen MR) is 86.2 cm³/mol. The Bertz CT molecular complexity index is 643. The molecule has 1 N–H and O–H groups in total. The number of aromatic nitrogens is 3. The van der Waals surface area contributed by atoms with Crippen LogP contribution in [0.25, 0.3) is 10.7 Å². The van der Waals surface area contributed by atoms with Gasteiger partial charge in [-0.1, -0.05) is 17.4 Å². The van der Waals surface area contributed by atoms with Gasteiger partial charge in [-0.3, -0.25) is 15.1 Å². The molecule has 8 heteroatoms. The van der Waals surface area contributed by atoms with Crippen molar-refractivity contribution >= 4 is 22.4 Å². The molecule has 7 nitrogen and oxygen atoms in total. The van der Waals surface area contributed by atoms with E-state index in [1.807, 2.05) is 18.2 Å². The lowest BCUT2D eigenvalue weighted by Crippen LogP contribution is -2.30. The minimum atomic E-state index is -0.568. The van der Waals surface area contributed by atoms with Gasteiger partial charge in [0, 0.05) is 12.8 Å². The van der Waals surface area contributed by atoms with Gasteiger partial charge >= 0.3 is 0 Å². The van der Waals surface area contributed by atoms with Crippen molar-refractivity contribution in [1.29, 1.82) is 0 Å². The van der Waals surface area contributed by atoms with Gasteiger partial charge in [0.05, 0.1) is 12.7 Å². The molecule has 0 saturated carbocycles. The zero-order valence-electron chi connectivity index (χ0n) is 12.8. The summed E-state index contributed by atoms with van der Waals surface area (Å²) in [7, 11) is 0. The van der Waals surface area contributed by atoms with Gasteiger partial charge in [-0.05, 0) is 31.9 Å². The maximum atomic E-state index is 12.1. The van der Waals surface area contributed by atoms with E-state index in [0.717, 1.165) is 25.1 Å². The maximum Gasteiger partial charge on any atom is 0.255 e. The molecule has 1 aliphatic heterocycles. The molecular weight excluding hydrogens is 316 g/mol. The molecule has 0 radical (unpaired) electrons. The van der Waals surface area contributed by atoms with Crippen molar-refractivity contribution in [2.24, 2.45) is 0 Å². The van der Waals surface area contributed by atoms with Crippen LogP contribution < -0.4 is 5.32 Å². The first-order chi connectivity index (χ1) is 11.2. The van der Waals surface area contributed by atoms with Crippen molar-refractivity contribution in [2.75, 3.05) is 18.5 Å². The van der Waals surface area contributed by atoms with Crippen LogP contribution in [0.2, 0.25) is 0 Å². The van der Waals surface area contributed by atoms with Gasteiger partial charge < -0.3 is 9.47 Å². The Hall–Kier alpha value is -1.90. The van der Waals surface area contributed by atoms with Gasteiger partial charge in [0.1, 0.15) is 11.8 Å². The van der Waals surface area contributed by atoms with Crippen LogP contribution in [0.15, 0.2) is 24.4 Å². The Morgan fingerprint density at radius 2 is 2.43 bits per heavy atom. The molecule has 3 rings (SSSR count). The molecule has 0 bridgehead atoms. The van der Waals surface area contributed by atoms with Crippen LogP contribution in [0.1, 0.15) is 19.8 Å². The zero-order valence-corrected chi connectivity index (χ0v) is 13.6. The molecule has 122 valence electrons. The van der Waals surface area contributed by atoms with Crippen LogP contribution in [0, 0.1) is 0 Å². The summed E-state index contributed by atoms with van der Waals surface area (Å²) in [4.78, 5) is 16.3. The van der Waals surface area contributed by atoms with E-state index in [9.17, 15) is 4.79 Å². The predicted octanol–water partition coefficient (Wildman–Crippen LogP) is 2.12. The molecule has 1 fully saturated rings. The van der Waals surface area contributed by atoms with Crippen molar-refractivity contribution in [3.8, 4) is 10.7 Å². The highest BCUT2D eigenvalue weighted by Gasteiger charge is 2.21.